The van der Waals surface area contributed by atoms with Gasteiger partial charge >= 0.3 is 0 Å². The minimum atomic E-state index is -0.665. The Kier molecular flexibility index (Phi) is 4.36. The average molecular weight is 416 g/mol. The third-order valence-electron chi connectivity index (χ3n) is 5.21. The van der Waals surface area contributed by atoms with E-state index in [-0.39, 0.29) is 18.3 Å². The lowest BCUT2D eigenvalue weighted by atomic mass is 9.86. The Morgan fingerprint density at radius 1 is 1.21 bits per heavy atom. The predicted molar refractivity (Wildman–Crippen MR) is 111 cm³/mol. The fourth-order valence-corrected chi connectivity index (χ4v) is 3.93. The van der Waals surface area contributed by atoms with Crippen LogP contribution in [0.4, 0.5) is 0 Å². The second-order valence-corrected chi connectivity index (χ2v) is 8.05. The second kappa shape index (κ2) is 6.50. The molecule has 1 aromatic heterocycles. The molecule has 0 spiro atoms. The topological polar surface area (TPSA) is 74.0 Å². The van der Waals surface area contributed by atoms with Gasteiger partial charge in [-0.1, -0.05) is 35.3 Å². The van der Waals surface area contributed by atoms with Crippen LogP contribution in [0.3, 0.4) is 0 Å². The number of hydrogen-bond donors (Lipinski definition) is 2. The third kappa shape index (κ3) is 2.93. The van der Waals surface area contributed by atoms with Gasteiger partial charge in [-0.3, -0.25) is 19.7 Å². The number of nitrogens with zero attached hydrogens (tertiary/aromatic N) is 3. The number of fused-ring (bicyclic) bond motifs is 1. The molecule has 2 aromatic carbocycles. The van der Waals surface area contributed by atoms with Crippen molar-refractivity contribution in [2.75, 3.05) is 7.05 Å². The fraction of sp³-hybridized carbons (Fsp3) is 0.250. The van der Waals surface area contributed by atoms with Crippen LogP contribution in [0.1, 0.15) is 24.7 Å². The molecule has 1 fully saturated rings. The van der Waals surface area contributed by atoms with Crippen LogP contribution >= 0.6 is 23.2 Å². The highest BCUT2D eigenvalue weighted by Crippen LogP contribution is 2.33. The molecule has 1 saturated heterocycles. The second-order valence-electron chi connectivity index (χ2n) is 7.24. The Labute approximate surface area is 172 Å². The van der Waals surface area contributed by atoms with Crippen LogP contribution in [0.5, 0.6) is 0 Å². The number of nitrogens with one attached hydrogen (secondary N) is 2. The zero-order valence-electron chi connectivity index (χ0n) is 15.7. The number of benzene rings is 2. The zero-order valence-corrected chi connectivity index (χ0v) is 17.2. The standard InChI is InChI=1S/C20H19Cl2N5O/c1-11-24-16-8-14(21)15(22)9-17(16)27(11)13-6-4-5-12(7-13)20(2)10-18(28)26(3)19(23)25-20/h4-9H,10H2,1-3H3,(H2,23,25)/t20-/m0/s1. The van der Waals surface area contributed by atoms with E-state index in [9.17, 15) is 4.79 Å². The van der Waals surface area contributed by atoms with Gasteiger partial charge in [-0.2, -0.15) is 0 Å². The van der Waals surface area contributed by atoms with E-state index in [1.165, 1.54) is 4.90 Å². The Bertz CT molecular complexity index is 1120. The van der Waals surface area contributed by atoms with Gasteiger partial charge in [-0.25, -0.2) is 4.98 Å². The molecule has 1 atom stereocenters. The highest BCUT2D eigenvalue weighted by molar-refractivity contribution is 6.42. The fourth-order valence-electron chi connectivity index (χ4n) is 3.62. The lowest BCUT2D eigenvalue weighted by Gasteiger charge is -2.39. The molecule has 1 aliphatic heterocycles. The average Bonchev–Trinajstić information content (AvgIpc) is 2.95. The van der Waals surface area contributed by atoms with Gasteiger partial charge < -0.3 is 5.32 Å². The molecule has 0 saturated carbocycles. The Morgan fingerprint density at radius 3 is 2.64 bits per heavy atom. The number of carbonyl (C=O) groups excluding carboxylic acids is 1. The summed E-state index contributed by atoms with van der Waals surface area (Å²) in [7, 11) is 1.60. The zero-order chi connectivity index (χ0) is 20.2. The molecule has 3 aromatic rings. The van der Waals surface area contributed by atoms with Crippen LogP contribution in [0.2, 0.25) is 10.0 Å². The summed E-state index contributed by atoms with van der Waals surface area (Å²) in [5, 5.41) is 12.1. The largest absolute Gasteiger partial charge is 0.346 e. The number of aryl methyl sites for hydroxylation is 1. The third-order valence-corrected chi connectivity index (χ3v) is 5.94. The molecule has 0 radical (unpaired) electrons. The van der Waals surface area contributed by atoms with E-state index in [4.69, 9.17) is 28.6 Å². The molecule has 28 heavy (non-hydrogen) atoms. The van der Waals surface area contributed by atoms with Crippen molar-refractivity contribution in [3.05, 3.63) is 57.8 Å². The number of rotatable bonds is 2. The van der Waals surface area contributed by atoms with Crippen molar-refractivity contribution in [3.8, 4) is 5.69 Å². The normalized spacial score (nSPS) is 20.0. The van der Waals surface area contributed by atoms with Gasteiger partial charge in [0.25, 0.3) is 0 Å². The Hall–Kier alpha value is -2.57. The summed E-state index contributed by atoms with van der Waals surface area (Å²) in [6, 6.07) is 11.4. The molecule has 2 N–H and O–H groups in total. The van der Waals surface area contributed by atoms with Crippen molar-refractivity contribution in [2.45, 2.75) is 25.8 Å². The van der Waals surface area contributed by atoms with Gasteiger partial charge in [0.1, 0.15) is 5.82 Å². The van der Waals surface area contributed by atoms with Crippen molar-refractivity contribution >= 4 is 46.1 Å². The van der Waals surface area contributed by atoms with E-state index in [0.29, 0.717) is 10.0 Å². The van der Waals surface area contributed by atoms with Crippen LogP contribution in [-0.2, 0) is 10.3 Å². The lowest BCUT2D eigenvalue weighted by molar-refractivity contribution is -0.129. The minimum absolute atomic E-state index is 0.0924. The summed E-state index contributed by atoms with van der Waals surface area (Å²) >= 11 is 12.4. The van der Waals surface area contributed by atoms with Gasteiger partial charge in [-0.15, -0.1) is 0 Å². The number of carbonyl (C=O) groups is 1. The molecular weight excluding hydrogens is 397 g/mol. The number of guanidine groups is 1. The van der Waals surface area contributed by atoms with E-state index in [0.717, 1.165) is 28.1 Å². The first-order valence-corrected chi connectivity index (χ1v) is 9.53. The van der Waals surface area contributed by atoms with Gasteiger partial charge in [0.2, 0.25) is 5.91 Å². The molecule has 0 bridgehead atoms. The predicted octanol–water partition coefficient (Wildman–Crippen LogP) is 4.24. The van der Waals surface area contributed by atoms with Crippen molar-refractivity contribution in [1.29, 1.82) is 5.41 Å². The van der Waals surface area contributed by atoms with Crippen LogP contribution in [-0.4, -0.2) is 33.4 Å². The van der Waals surface area contributed by atoms with E-state index in [1.807, 2.05) is 42.7 Å². The highest BCUT2D eigenvalue weighted by Gasteiger charge is 2.38. The summed E-state index contributed by atoms with van der Waals surface area (Å²) in [6.07, 6.45) is 0.264. The molecule has 6 nitrogen and oxygen atoms in total. The van der Waals surface area contributed by atoms with Crippen LogP contribution in [0.15, 0.2) is 36.4 Å². The summed E-state index contributed by atoms with van der Waals surface area (Å²) in [5.41, 5.74) is 2.77. The molecule has 0 unspecified atom stereocenters. The number of amides is 1. The molecule has 4 rings (SSSR count). The Balaban J connectivity index is 1.83. The first-order valence-electron chi connectivity index (χ1n) is 8.78. The maximum absolute atomic E-state index is 12.3. The number of aromatic nitrogens is 2. The molecule has 1 amide bonds. The molecular formula is C20H19Cl2N5O. The highest BCUT2D eigenvalue weighted by atomic mass is 35.5. The minimum Gasteiger partial charge on any atom is -0.346 e. The van der Waals surface area contributed by atoms with E-state index >= 15 is 0 Å². The lowest BCUT2D eigenvalue weighted by Crippen LogP contribution is -2.58. The summed E-state index contributed by atoms with van der Waals surface area (Å²) in [6.45, 7) is 3.85. The maximum atomic E-state index is 12.3. The van der Waals surface area contributed by atoms with Crippen LogP contribution in [0.25, 0.3) is 16.7 Å². The van der Waals surface area contributed by atoms with Gasteiger partial charge in [0, 0.05) is 12.7 Å². The summed E-state index contributed by atoms with van der Waals surface area (Å²) < 4.78 is 2.01. The number of halogens is 2. The van der Waals surface area contributed by atoms with E-state index in [1.54, 1.807) is 19.2 Å². The SMILES string of the molecule is Cc1nc2cc(Cl)c(Cl)cc2n1-c1cccc([C@]2(C)CC(=O)N(C)C(=N)N2)c1. The van der Waals surface area contributed by atoms with Crippen molar-refractivity contribution in [1.82, 2.24) is 19.8 Å². The quantitative estimate of drug-likeness (QED) is 0.656. The van der Waals surface area contributed by atoms with E-state index in [2.05, 4.69) is 10.3 Å². The van der Waals surface area contributed by atoms with Gasteiger partial charge in [-0.05, 0) is 43.7 Å². The van der Waals surface area contributed by atoms with Crippen molar-refractivity contribution in [3.63, 3.8) is 0 Å². The summed E-state index contributed by atoms with van der Waals surface area (Å²) in [5.74, 6) is 0.799. The van der Waals surface area contributed by atoms with Crippen molar-refractivity contribution < 1.29 is 4.79 Å². The van der Waals surface area contributed by atoms with E-state index < -0.39 is 5.54 Å². The van der Waals surface area contributed by atoms with Crippen LogP contribution in [0, 0.1) is 12.3 Å². The van der Waals surface area contributed by atoms with Crippen LogP contribution < -0.4 is 5.32 Å². The van der Waals surface area contributed by atoms with Gasteiger partial charge in [0.15, 0.2) is 5.96 Å². The maximum Gasteiger partial charge on any atom is 0.231 e. The molecule has 144 valence electrons. The first kappa shape index (κ1) is 18.8. The smallest absolute Gasteiger partial charge is 0.231 e. The molecule has 2 heterocycles. The van der Waals surface area contributed by atoms with Gasteiger partial charge in [0.05, 0.1) is 33.0 Å². The van der Waals surface area contributed by atoms with Crippen molar-refractivity contribution in [2.24, 2.45) is 0 Å². The molecule has 1 aliphatic rings. The summed E-state index contributed by atoms with van der Waals surface area (Å²) in [4.78, 5) is 18.2. The monoisotopic (exact) mass is 415 g/mol. The molecule has 8 heteroatoms. The Morgan fingerprint density at radius 2 is 1.93 bits per heavy atom. The number of hydrogen-bond acceptors (Lipinski definition) is 3. The number of imidazole rings is 1. The first-order chi connectivity index (χ1) is 13.2. The molecule has 0 aliphatic carbocycles.